The monoisotopic (exact) mass is 472 g/mol. The molecule has 0 saturated heterocycles. The summed E-state index contributed by atoms with van der Waals surface area (Å²) in [4.78, 5) is 19.1. The van der Waals surface area contributed by atoms with E-state index >= 15 is 0 Å². The van der Waals surface area contributed by atoms with E-state index < -0.39 is 0 Å². The van der Waals surface area contributed by atoms with Gasteiger partial charge < -0.3 is 14.4 Å². The van der Waals surface area contributed by atoms with Gasteiger partial charge >= 0.3 is 0 Å². The number of nitrogens with one attached hydrogen (secondary N) is 1. The summed E-state index contributed by atoms with van der Waals surface area (Å²) in [6, 6.07) is 13.5. The van der Waals surface area contributed by atoms with Gasteiger partial charge in [-0.05, 0) is 51.0 Å². The van der Waals surface area contributed by atoms with Gasteiger partial charge in [-0.15, -0.1) is 0 Å². The number of aromatic nitrogens is 1. The van der Waals surface area contributed by atoms with Crippen LogP contribution in [0.1, 0.15) is 45.2 Å². The Hall–Kier alpha value is -3.87. The molecule has 1 aliphatic heterocycles. The molecule has 0 bridgehead atoms. The fraction of sp³-hybridized carbons (Fsp3) is 0.321. The lowest BCUT2D eigenvalue weighted by molar-refractivity contribution is -0.123. The number of allylic oxidation sites excluding steroid dienone is 1. The zero-order valence-corrected chi connectivity index (χ0v) is 21.0. The van der Waals surface area contributed by atoms with Gasteiger partial charge in [0.05, 0.1) is 18.9 Å². The first kappa shape index (κ1) is 24.3. The summed E-state index contributed by atoms with van der Waals surface area (Å²) in [5.41, 5.74) is 7.45. The summed E-state index contributed by atoms with van der Waals surface area (Å²) in [6.07, 6.45) is 6.64. The molecule has 0 saturated carbocycles. The molecule has 0 fully saturated rings. The van der Waals surface area contributed by atoms with Crippen LogP contribution >= 0.6 is 0 Å². The second-order valence-electron chi connectivity index (χ2n) is 9.16. The van der Waals surface area contributed by atoms with Crippen molar-refractivity contribution in [1.29, 1.82) is 0 Å². The van der Waals surface area contributed by atoms with Gasteiger partial charge in [-0.25, -0.2) is 5.43 Å². The fourth-order valence-electron chi connectivity index (χ4n) is 4.57. The number of benzene rings is 2. The van der Waals surface area contributed by atoms with E-state index in [1.165, 1.54) is 5.57 Å². The van der Waals surface area contributed by atoms with Gasteiger partial charge in [0.25, 0.3) is 5.91 Å². The number of fused-ring (bicyclic) bond motifs is 2. The topological polar surface area (TPSA) is 76.0 Å². The van der Waals surface area contributed by atoms with Crippen LogP contribution in [0.4, 0.5) is 5.69 Å². The Kier molecular flexibility index (Phi) is 7.05. The number of hydrazone groups is 1. The summed E-state index contributed by atoms with van der Waals surface area (Å²) >= 11 is 0. The summed E-state index contributed by atoms with van der Waals surface area (Å²) < 4.78 is 11.3. The molecule has 1 aliphatic rings. The van der Waals surface area contributed by atoms with Crippen LogP contribution in [0.3, 0.4) is 0 Å². The predicted molar refractivity (Wildman–Crippen MR) is 141 cm³/mol. The highest BCUT2D eigenvalue weighted by atomic mass is 16.5. The molecule has 0 spiro atoms. The van der Waals surface area contributed by atoms with E-state index in [-0.39, 0.29) is 18.1 Å². The number of nitrogens with zero attached hydrogens (tertiary/aromatic N) is 3. The molecule has 3 aromatic rings. The molecule has 2 aromatic carbocycles. The van der Waals surface area contributed by atoms with Crippen molar-refractivity contribution >= 4 is 34.3 Å². The first-order valence-corrected chi connectivity index (χ1v) is 11.8. The number of carbonyl (C=O) groups is 1. The van der Waals surface area contributed by atoms with Gasteiger partial charge in [-0.1, -0.05) is 31.2 Å². The highest BCUT2D eigenvalue weighted by Crippen LogP contribution is 2.41. The Balaban J connectivity index is 1.48. The van der Waals surface area contributed by atoms with Crippen molar-refractivity contribution < 1.29 is 14.3 Å². The Labute approximate surface area is 206 Å². The molecule has 0 aliphatic carbocycles. The SMILES string of the molecule is CCCN1c2cc(OC)c(/C=N\NC(=O)COc3cccc4cccnc34)cc2C(C)=CC1(C)C. The lowest BCUT2D eigenvalue weighted by atomic mass is 9.87. The summed E-state index contributed by atoms with van der Waals surface area (Å²) in [5, 5.41) is 5.10. The number of hydrogen-bond acceptors (Lipinski definition) is 6. The minimum atomic E-state index is -0.363. The van der Waals surface area contributed by atoms with Gasteiger partial charge in [-0.2, -0.15) is 5.10 Å². The standard InChI is InChI=1S/C28H32N4O3/c1-6-13-32-23-15-25(34-5)21(14-22(23)19(2)16-28(32,3)4)17-30-31-26(33)18-35-24-11-7-9-20-10-8-12-29-27(20)24/h7-12,14-17H,6,13,18H2,1-5H3,(H,31,33)/b30-17-. The molecule has 7 heteroatoms. The fourth-order valence-corrected chi connectivity index (χ4v) is 4.57. The van der Waals surface area contributed by atoms with Crippen LogP contribution in [0.25, 0.3) is 16.5 Å². The van der Waals surface area contributed by atoms with Crippen molar-refractivity contribution in [2.45, 2.75) is 39.7 Å². The van der Waals surface area contributed by atoms with Gasteiger partial charge in [0.2, 0.25) is 0 Å². The third kappa shape index (κ3) is 5.14. The van der Waals surface area contributed by atoms with Gasteiger partial charge in [0.1, 0.15) is 17.0 Å². The number of anilines is 1. The molecule has 1 amide bonds. The minimum Gasteiger partial charge on any atom is -0.496 e. The molecular formula is C28H32N4O3. The molecule has 35 heavy (non-hydrogen) atoms. The molecule has 0 atom stereocenters. The number of methoxy groups -OCH3 is 1. The first-order chi connectivity index (χ1) is 16.8. The van der Waals surface area contributed by atoms with Crippen LogP contribution in [-0.4, -0.2) is 42.9 Å². The van der Waals surface area contributed by atoms with Crippen LogP contribution in [-0.2, 0) is 4.79 Å². The van der Waals surface area contributed by atoms with Crippen molar-refractivity contribution in [3.63, 3.8) is 0 Å². The molecule has 0 unspecified atom stereocenters. The lowest BCUT2D eigenvalue weighted by Crippen LogP contribution is -2.45. The van der Waals surface area contributed by atoms with Crippen LogP contribution < -0.4 is 19.8 Å². The largest absolute Gasteiger partial charge is 0.496 e. The zero-order chi connectivity index (χ0) is 25.0. The molecule has 7 nitrogen and oxygen atoms in total. The highest BCUT2D eigenvalue weighted by Gasteiger charge is 2.31. The smallest absolute Gasteiger partial charge is 0.277 e. The molecule has 2 heterocycles. The van der Waals surface area contributed by atoms with E-state index in [2.05, 4.69) is 66.3 Å². The number of pyridine rings is 1. The van der Waals surface area contributed by atoms with E-state index in [9.17, 15) is 4.79 Å². The van der Waals surface area contributed by atoms with E-state index in [0.29, 0.717) is 17.0 Å². The number of ether oxygens (including phenoxy) is 2. The average molecular weight is 473 g/mol. The molecule has 4 rings (SSSR count). The molecular weight excluding hydrogens is 440 g/mol. The normalized spacial score (nSPS) is 14.5. The van der Waals surface area contributed by atoms with E-state index in [1.54, 1.807) is 25.6 Å². The van der Waals surface area contributed by atoms with Crippen molar-refractivity contribution in [1.82, 2.24) is 10.4 Å². The number of hydrogen-bond donors (Lipinski definition) is 1. The summed E-state index contributed by atoms with van der Waals surface area (Å²) in [7, 11) is 1.64. The van der Waals surface area contributed by atoms with Crippen LogP contribution in [0, 0.1) is 0 Å². The van der Waals surface area contributed by atoms with Crippen molar-refractivity contribution in [3.8, 4) is 11.5 Å². The quantitative estimate of drug-likeness (QED) is 0.361. The van der Waals surface area contributed by atoms with E-state index in [4.69, 9.17) is 9.47 Å². The predicted octanol–water partition coefficient (Wildman–Crippen LogP) is 5.18. The van der Waals surface area contributed by atoms with Crippen molar-refractivity contribution in [3.05, 3.63) is 65.9 Å². The maximum atomic E-state index is 12.4. The first-order valence-electron chi connectivity index (χ1n) is 11.8. The number of rotatable bonds is 8. The van der Waals surface area contributed by atoms with Gasteiger partial charge in [0, 0.05) is 41.0 Å². The van der Waals surface area contributed by atoms with E-state index in [1.807, 2.05) is 24.3 Å². The zero-order valence-electron chi connectivity index (χ0n) is 21.0. The molecule has 1 N–H and O–H groups in total. The number of carbonyl (C=O) groups excluding carboxylic acids is 1. The van der Waals surface area contributed by atoms with Crippen LogP contribution in [0.2, 0.25) is 0 Å². The maximum absolute atomic E-state index is 12.4. The Morgan fingerprint density at radius 3 is 2.77 bits per heavy atom. The Bertz CT molecular complexity index is 1290. The average Bonchev–Trinajstić information content (AvgIpc) is 2.84. The van der Waals surface area contributed by atoms with Crippen LogP contribution in [0.15, 0.2) is 59.8 Å². The second kappa shape index (κ2) is 10.2. The Morgan fingerprint density at radius 1 is 1.20 bits per heavy atom. The molecule has 0 radical (unpaired) electrons. The van der Waals surface area contributed by atoms with Gasteiger partial charge in [-0.3, -0.25) is 9.78 Å². The van der Waals surface area contributed by atoms with Crippen molar-refractivity contribution in [2.75, 3.05) is 25.2 Å². The summed E-state index contributed by atoms with van der Waals surface area (Å²) in [6.45, 7) is 9.53. The van der Waals surface area contributed by atoms with Gasteiger partial charge in [0.15, 0.2) is 6.61 Å². The van der Waals surface area contributed by atoms with Crippen LogP contribution in [0.5, 0.6) is 11.5 Å². The molecule has 1 aromatic heterocycles. The minimum absolute atomic E-state index is 0.0821. The number of para-hydroxylation sites is 1. The maximum Gasteiger partial charge on any atom is 0.277 e. The second-order valence-corrected chi connectivity index (χ2v) is 9.16. The van der Waals surface area contributed by atoms with E-state index in [0.717, 1.165) is 35.2 Å². The molecule has 182 valence electrons. The lowest BCUT2D eigenvalue weighted by Gasteiger charge is -2.43. The summed E-state index contributed by atoms with van der Waals surface area (Å²) in [5.74, 6) is 0.893. The third-order valence-electron chi connectivity index (χ3n) is 6.12. The highest BCUT2D eigenvalue weighted by molar-refractivity contribution is 5.92. The number of amides is 1. The third-order valence-corrected chi connectivity index (χ3v) is 6.12. The van der Waals surface area contributed by atoms with Crippen molar-refractivity contribution in [2.24, 2.45) is 5.10 Å². The Morgan fingerprint density at radius 2 is 2.00 bits per heavy atom.